The van der Waals surface area contributed by atoms with Gasteiger partial charge in [0.25, 0.3) is 0 Å². The zero-order valence-electron chi connectivity index (χ0n) is 10.9. The molecule has 18 heavy (non-hydrogen) atoms. The van der Waals surface area contributed by atoms with Crippen molar-refractivity contribution in [1.82, 2.24) is 0 Å². The topological polar surface area (TPSA) is 49.3 Å². The highest BCUT2D eigenvalue weighted by Crippen LogP contribution is 2.40. The van der Waals surface area contributed by atoms with Crippen LogP contribution in [0.3, 0.4) is 0 Å². The van der Waals surface area contributed by atoms with Crippen molar-refractivity contribution < 1.29 is 9.90 Å². The van der Waals surface area contributed by atoms with Gasteiger partial charge in [-0.3, -0.25) is 0 Å². The zero-order chi connectivity index (χ0) is 13.0. The smallest absolute Gasteiger partial charge is 0.335 e. The number of nitrogens with one attached hydrogen (secondary N) is 1. The van der Waals surface area contributed by atoms with Gasteiger partial charge in [0.05, 0.1) is 5.56 Å². The third kappa shape index (κ3) is 2.84. The van der Waals surface area contributed by atoms with Crippen molar-refractivity contribution in [2.24, 2.45) is 5.41 Å². The molecule has 0 heterocycles. The maximum absolute atomic E-state index is 10.9. The molecule has 0 radical (unpaired) electrons. The van der Waals surface area contributed by atoms with Gasteiger partial charge in [0.1, 0.15) is 0 Å². The first-order valence-electron chi connectivity index (χ1n) is 6.72. The molecule has 1 aromatic carbocycles. The molecule has 0 bridgehead atoms. The van der Waals surface area contributed by atoms with Gasteiger partial charge in [-0.2, -0.15) is 0 Å². The van der Waals surface area contributed by atoms with Gasteiger partial charge in [-0.05, 0) is 42.9 Å². The Morgan fingerprint density at radius 2 is 2.11 bits per heavy atom. The molecule has 0 unspecified atom stereocenters. The van der Waals surface area contributed by atoms with Gasteiger partial charge in [-0.15, -0.1) is 0 Å². The standard InChI is InChI=1S/C15H21NO2/c1-2-15(8-3-4-9-15)11-16-13-7-5-6-12(10-13)14(17)18/h5-7,10,16H,2-4,8-9,11H2,1H3,(H,17,18). The third-order valence-corrected chi connectivity index (χ3v) is 4.19. The SMILES string of the molecule is CCC1(CNc2cccc(C(=O)O)c2)CCCC1. The van der Waals surface area contributed by atoms with Crippen LogP contribution in [0.25, 0.3) is 0 Å². The molecule has 1 saturated carbocycles. The lowest BCUT2D eigenvalue weighted by Gasteiger charge is -2.28. The van der Waals surface area contributed by atoms with Crippen LogP contribution in [0.15, 0.2) is 24.3 Å². The highest BCUT2D eigenvalue weighted by Gasteiger charge is 2.31. The van der Waals surface area contributed by atoms with Crippen LogP contribution in [-0.4, -0.2) is 17.6 Å². The Kier molecular flexibility index (Phi) is 3.90. The second-order valence-electron chi connectivity index (χ2n) is 5.30. The van der Waals surface area contributed by atoms with E-state index in [0.717, 1.165) is 12.2 Å². The summed E-state index contributed by atoms with van der Waals surface area (Å²) in [6, 6.07) is 7.06. The van der Waals surface area contributed by atoms with Crippen molar-refractivity contribution in [3.63, 3.8) is 0 Å². The summed E-state index contributed by atoms with van der Waals surface area (Å²) in [5.74, 6) is -0.871. The zero-order valence-corrected chi connectivity index (χ0v) is 10.9. The Bertz CT molecular complexity index is 422. The first-order valence-corrected chi connectivity index (χ1v) is 6.72. The summed E-state index contributed by atoms with van der Waals surface area (Å²) in [6.45, 7) is 3.20. The Morgan fingerprint density at radius 1 is 1.39 bits per heavy atom. The number of carbonyl (C=O) groups is 1. The van der Waals surface area contributed by atoms with E-state index in [1.807, 2.05) is 6.07 Å². The number of aromatic carboxylic acids is 1. The highest BCUT2D eigenvalue weighted by molar-refractivity contribution is 5.88. The van der Waals surface area contributed by atoms with E-state index in [0.29, 0.717) is 11.0 Å². The molecule has 0 amide bonds. The van der Waals surface area contributed by atoms with E-state index < -0.39 is 5.97 Å². The van der Waals surface area contributed by atoms with Crippen molar-refractivity contribution in [2.45, 2.75) is 39.0 Å². The van der Waals surface area contributed by atoms with E-state index in [2.05, 4.69) is 12.2 Å². The summed E-state index contributed by atoms with van der Waals surface area (Å²) >= 11 is 0. The Morgan fingerprint density at radius 3 is 2.72 bits per heavy atom. The first-order chi connectivity index (χ1) is 8.65. The monoisotopic (exact) mass is 247 g/mol. The number of carboxylic acids is 1. The summed E-state index contributed by atoms with van der Waals surface area (Å²) in [5, 5.41) is 12.4. The normalized spacial score (nSPS) is 17.6. The maximum atomic E-state index is 10.9. The number of anilines is 1. The van der Waals surface area contributed by atoms with Crippen molar-refractivity contribution in [3.05, 3.63) is 29.8 Å². The Labute approximate surface area is 108 Å². The van der Waals surface area contributed by atoms with Crippen molar-refractivity contribution in [2.75, 3.05) is 11.9 Å². The maximum Gasteiger partial charge on any atom is 0.335 e. The summed E-state index contributed by atoms with van der Waals surface area (Å²) < 4.78 is 0. The van der Waals surface area contributed by atoms with Gasteiger partial charge in [0.15, 0.2) is 0 Å². The van der Waals surface area contributed by atoms with E-state index in [4.69, 9.17) is 5.11 Å². The van der Waals surface area contributed by atoms with Crippen molar-refractivity contribution in [1.29, 1.82) is 0 Å². The molecule has 1 aliphatic carbocycles. The van der Waals surface area contributed by atoms with Crippen molar-refractivity contribution >= 4 is 11.7 Å². The van der Waals surface area contributed by atoms with Crippen LogP contribution < -0.4 is 5.32 Å². The van der Waals surface area contributed by atoms with Crippen molar-refractivity contribution in [3.8, 4) is 0 Å². The van der Waals surface area contributed by atoms with Gasteiger partial charge >= 0.3 is 5.97 Å². The van der Waals surface area contributed by atoms with E-state index >= 15 is 0 Å². The lowest BCUT2D eigenvalue weighted by molar-refractivity contribution is 0.0697. The van der Waals surface area contributed by atoms with Crippen LogP contribution in [-0.2, 0) is 0 Å². The molecule has 0 saturated heterocycles. The van der Waals surface area contributed by atoms with E-state index in [1.165, 1.54) is 32.1 Å². The number of hydrogen-bond donors (Lipinski definition) is 2. The molecular weight excluding hydrogens is 226 g/mol. The molecule has 98 valence electrons. The van der Waals surface area contributed by atoms with E-state index in [-0.39, 0.29) is 0 Å². The molecule has 2 N–H and O–H groups in total. The van der Waals surface area contributed by atoms with Gasteiger partial charge in [-0.25, -0.2) is 4.79 Å². The van der Waals surface area contributed by atoms with E-state index in [1.54, 1.807) is 18.2 Å². The minimum absolute atomic E-state index is 0.344. The Hall–Kier alpha value is -1.51. The summed E-state index contributed by atoms with van der Waals surface area (Å²) in [5.41, 5.74) is 1.67. The second-order valence-corrected chi connectivity index (χ2v) is 5.30. The molecule has 0 spiro atoms. The van der Waals surface area contributed by atoms with Gasteiger partial charge < -0.3 is 10.4 Å². The summed E-state index contributed by atoms with van der Waals surface area (Å²) in [7, 11) is 0. The number of carboxylic acid groups (broad SMARTS) is 1. The molecule has 1 fully saturated rings. The highest BCUT2D eigenvalue weighted by atomic mass is 16.4. The molecule has 0 aromatic heterocycles. The van der Waals surface area contributed by atoms with Gasteiger partial charge in [0.2, 0.25) is 0 Å². The largest absolute Gasteiger partial charge is 0.478 e. The molecule has 1 aromatic rings. The van der Waals surface area contributed by atoms with Gasteiger partial charge in [0, 0.05) is 12.2 Å². The van der Waals surface area contributed by atoms with Gasteiger partial charge in [-0.1, -0.05) is 25.8 Å². The number of rotatable bonds is 5. The second kappa shape index (κ2) is 5.42. The van der Waals surface area contributed by atoms with E-state index in [9.17, 15) is 4.79 Å². The molecule has 3 heteroatoms. The average Bonchev–Trinajstić information content (AvgIpc) is 2.86. The fraction of sp³-hybridized carbons (Fsp3) is 0.533. The fourth-order valence-electron chi connectivity index (χ4n) is 2.83. The lowest BCUT2D eigenvalue weighted by Crippen LogP contribution is -2.25. The molecule has 1 aliphatic rings. The fourth-order valence-corrected chi connectivity index (χ4v) is 2.83. The first kappa shape index (κ1) is 12.9. The average molecular weight is 247 g/mol. The van der Waals surface area contributed by atoms with Crippen LogP contribution in [0.2, 0.25) is 0 Å². The molecule has 2 rings (SSSR count). The van der Waals surface area contributed by atoms with Crippen LogP contribution in [0.1, 0.15) is 49.4 Å². The number of hydrogen-bond acceptors (Lipinski definition) is 2. The predicted octanol–water partition coefficient (Wildman–Crippen LogP) is 3.77. The summed E-state index contributed by atoms with van der Waals surface area (Å²) in [4.78, 5) is 10.9. The van der Waals surface area contributed by atoms with Crippen LogP contribution in [0, 0.1) is 5.41 Å². The minimum Gasteiger partial charge on any atom is -0.478 e. The number of benzene rings is 1. The van der Waals surface area contributed by atoms with Crippen LogP contribution in [0.5, 0.6) is 0 Å². The minimum atomic E-state index is -0.871. The van der Waals surface area contributed by atoms with Crippen LogP contribution >= 0.6 is 0 Å². The molecule has 0 atom stereocenters. The molecule has 0 aliphatic heterocycles. The predicted molar refractivity (Wildman–Crippen MR) is 73.1 cm³/mol. The molecule has 3 nitrogen and oxygen atoms in total. The third-order valence-electron chi connectivity index (χ3n) is 4.19. The summed E-state index contributed by atoms with van der Waals surface area (Å²) in [6.07, 6.45) is 6.41. The quantitative estimate of drug-likeness (QED) is 0.832. The Balaban J connectivity index is 2.01. The molecular formula is C15H21NO2. The van der Waals surface area contributed by atoms with Crippen LogP contribution in [0.4, 0.5) is 5.69 Å². The lowest BCUT2D eigenvalue weighted by atomic mass is 9.83.